The first-order valence-electron chi connectivity index (χ1n) is 25.0. The molecule has 2 aromatic carbocycles. The molecule has 5 N–H and O–H groups in total. The molecule has 4 aliphatic rings. The highest BCUT2D eigenvalue weighted by atomic mass is 19.4. The second-order valence-corrected chi connectivity index (χ2v) is 20.0. The molecule has 2 aliphatic heterocycles. The number of nitrogens with zero attached hydrogens (tertiary/aromatic N) is 9. The first-order valence-corrected chi connectivity index (χ1v) is 25.0. The van der Waals surface area contributed by atoms with Crippen LogP contribution in [-0.4, -0.2) is 89.4 Å². The van der Waals surface area contributed by atoms with Crippen LogP contribution in [-0.2, 0) is 71.3 Å². The zero-order valence-corrected chi connectivity index (χ0v) is 40.7. The van der Waals surface area contributed by atoms with E-state index in [9.17, 15) is 35.9 Å². The van der Waals surface area contributed by atoms with Gasteiger partial charge < -0.3 is 21.7 Å². The highest BCUT2D eigenvalue weighted by Gasteiger charge is 2.52. The van der Waals surface area contributed by atoms with E-state index in [1.165, 1.54) is 0 Å². The van der Waals surface area contributed by atoms with E-state index < -0.39 is 34.3 Å². The van der Waals surface area contributed by atoms with Crippen LogP contribution in [0.5, 0.6) is 0 Å². The fourth-order valence-corrected chi connectivity index (χ4v) is 10.4. The number of carbonyl (C=O) groups is 2. The van der Waals surface area contributed by atoms with Gasteiger partial charge in [0.2, 0.25) is 11.8 Å². The van der Waals surface area contributed by atoms with Crippen molar-refractivity contribution in [3.63, 3.8) is 0 Å². The Bertz CT molecular complexity index is 2910. The summed E-state index contributed by atoms with van der Waals surface area (Å²) in [5, 5.41) is 12.3. The van der Waals surface area contributed by atoms with E-state index in [1.54, 1.807) is 12.4 Å². The SMILES string of the molecule is C.C.CN1CCC(n2cc(Cc3ncc(C(F)(F)F)c(CCc4ccccc4C4(C(N)=O)CC4)n3)cn2)CC1.NC(=O)C1(c2ccccc2CCc2nc(Cc3cnn(C4CCNCC4)c3)ncc2C(F)(F)F)CC1. The Morgan fingerprint density at radius 3 is 1.40 bits per heavy atom. The van der Waals surface area contributed by atoms with E-state index in [4.69, 9.17) is 11.5 Å². The standard InChI is InChI=1S/C27H31F3N6O.C26H29F3N6O.2CH4/c1-35-12-8-20(9-13-35)36-17-18(15-33-36)14-24-32-16-22(27(28,29)30)23(34-24)7-6-19-4-2-3-5-21(19)26(10-11-26)25(31)37;27-26(28,29)21-15-32-23(13-17-14-33-35(16-17)19-7-11-31-12-8-19)34-22(21)6-5-18-3-1-2-4-20(18)25(9-10-25)24(30)36;;/h2-5,15-17,20H,6-14H2,1H3,(H2,31,37);1-4,14-16,19,31H,5-13H2,(H2,30,36);2*1H4. The number of aryl methyl sites for hydroxylation is 4. The van der Waals surface area contributed by atoms with Crippen LogP contribution in [0.15, 0.2) is 85.7 Å². The Kier molecular flexibility index (Phi) is 17.3. The van der Waals surface area contributed by atoms with Crippen LogP contribution in [0, 0.1) is 0 Å². The predicted octanol–water partition coefficient (Wildman–Crippen LogP) is 8.63. The average Bonchev–Trinajstić information content (AvgIpc) is 4.28. The Labute approximate surface area is 434 Å². The normalized spacial score (nSPS) is 17.5. The molecule has 75 heavy (non-hydrogen) atoms. The quantitative estimate of drug-likeness (QED) is 0.0792. The Balaban J connectivity index is 0.000000213. The number of likely N-dealkylation sites (tertiary alicyclic amines) is 1. The minimum atomic E-state index is -4.56. The number of rotatable bonds is 16. The second-order valence-electron chi connectivity index (χ2n) is 20.0. The van der Waals surface area contributed by atoms with Crippen molar-refractivity contribution in [2.24, 2.45) is 11.5 Å². The van der Waals surface area contributed by atoms with Gasteiger partial charge >= 0.3 is 12.4 Å². The van der Waals surface area contributed by atoms with Gasteiger partial charge in [0.05, 0.1) is 57.8 Å². The molecule has 402 valence electrons. The topological polar surface area (TPSA) is 189 Å². The fourth-order valence-electron chi connectivity index (χ4n) is 10.4. The van der Waals surface area contributed by atoms with Crippen molar-refractivity contribution < 1.29 is 35.9 Å². The number of carbonyl (C=O) groups excluding carboxylic acids is 2. The smallest absolute Gasteiger partial charge is 0.369 e. The molecule has 14 nitrogen and oxygen atoms in total. The third-order valence-corrected chi connectivity index (χ3v) is 15.0. The van der Waals surface area contributed by atoms with Gasteiger partial charge in [0, 0.05) is 37.6 Å². The van der Waals surface area contributed by atoms with Crippen LogP contribution in [0.1, 0.15) is 146 Å². The number of hydrogen-bond donors (Lipinski definition) is 3. The van der Waals surface area contributed by atoms with Crippen molar-refractivity contribution in [3.05, 3.63) is 153 Å². The molecule has 20 heteroatoms. The summed E-state index contributed by atoms with van der Waals surface area (Å²) < 4.78 is 86.6. The first kappa shape index (κ1) is 56.2. The third kappa shape index (κ3) is 12.9. The van der Waals surface area contributed by atoms with E-state index in [1.807, 2.05) is 70.3 Å². The van der Waals surface area contributed by atoms with Crippen LogP contribution in [0.4, 0.5) is 26.3 Å². The van der Waals surface area contributed by atoms with Gasteiger partial charge in [-0.2, -0.15) is 36.5 Å². The number of amides is 2. The fraction of sp³-hybridized carbons (Fsp3) is 0.491. The minimum Gasteiger partial charge on any atom is -0.369 e. The average molecular weight is 1040 g/mol. The maximum Gasteiger partial charge on any atom is 0.419 e. The van der Waals surface area contributed by atoms with Crippen LogP contribution < -0.4 is 16.8 Å². The van der Waals surface area contributed by atoms with Gasteiger partial charge in [-0.3, -0.25) is 19.0 Å². The molecular weight excluding hydrogens is 975 g/mol. The van der Waals surface area contributed by atoms with Gasteiger partial charge in [-0.05, 0) is 144 Å². The molecule has 6 aromatic rings. The molecule has 0 atom stereocenters. The highest BCUT2D eigenvalue weighted by Crippen LogP contribution is 2.50. The van der Waals surface area contributed by atoms with E-state index >= 15 is 0 Å². The molecule has 2 amide bonds. The van der Waals surface area contributed by atoms with Crippen LogP contribution in [0.2, 0.25) is 0 Å². The number of hydrogen-bond acceptors (Lipinski definition) is 10. The Morgan fingerprint density at radius 2 is 1.01 bits per heavy atom. The maximum absolute atomic E-state index is 13.8. The van der Waals surface area contributed by atoms with Crippen molar-refractivity contribution in [2.75, 3.05) is 33.2 Å². The lowest BCUT2D eigenvalue weighted by Crippen LogP contribution is -2.31. The summed E-state index contributed by atoms with van der Waals surface area (Å²) >= 11 is 0. The number of benzene rings is 2. The molecule has 4 fully saturated rings. The molecular formula is C55H68F6N12O2. The van der Waals surface area contributed by atoms with Crippen molar-refractivity contribution in [3.8, 4) is 0 Å². The summed E-state index contributed by atoms with van der Waals surface area (Å²) in [7, 11) is 2.10. The molecule has 0 bridgehead atoms. The number of halogens is 6. The largest absolute Gasteiger partial charge is 0.419 e. The predicted molar refractivity (Wildman–Crippen MR) is 272 cm³/mol. The molecule has 10 rings (SSSR count). The van der Waals surface area contributed by atoms with Gasteiger partial charge in [-0.1, -0.05) is 63.4 Å². The molecule has 4 aromatic heterocycles. The van der Waals surface area contributed by atoms with Crippen molar-refractivity contribution in [1.82, 2.24) is 49.7 Å². The van der Waals surface area contributed by atoms with Crippen molar-refractivity contribution in [2.45, 2.75) is 140 Å². The summed E-state index contributed by atoms with van der Waals surface area (Å²) in [6.07, 6.45) is 8.05. The number of aromatic nitrogens is 8. The Morgan fingerprint density at radius 1 is 0.613 bits per heavy atom. The molecule has 2 saturated heterocycles. The summed E-state index contributed by atoms with van der Waals surface area (Å²) in [4.78, 5) is 43.2. The summed E-state index contributed by atoms with van der Waals surface area (Å²) in [5.74, 6) is -0.122. The number of nitrogens with two attached hydrogens (primary N) is 2. The highest BCUT2D eigenvalue weighted by molar-refractivity contribution is 5.91. The molecule has 0 unspecified atom stereocenters. The number of alkyl halides is 6. The van der Waals surface area contributed by atoms with Gasteiger partial charge in [-0.25, -0.2) is 19.9 Å². The maximum atomic E-state index is 13.8. The van der Waals surface area contributed by atoms with Gasteiger partial charge in [-0.15, -0.1) is 0 Å². The van der Waals surface area contributed by atoms with Gasteiger partial charge in [0.25, 0.3) is 0 Å². The van der Waals surface area contributed by atoms with Crippen molar-refractivity contribution >= 4 is 11.8 Å². The second kappa shape index (κ2) is 23.1. The van der Waals surface area contributed by atoms with Crippen LogP contribution in [0.3, 0.4) is 0 Å². The molecule has 2 saturated carbocycles. The lowest BCUT2D eigenvalue weighted by molar-refractivity contribution is -0.139. The summed E-state index contributed by atoms with van der Waals surface area (Å²) in [6, 6.07) is 15.4. The minimum absolute atomic E-state index is 0. The lowest BCUT2D eigenvalue weighted by Gasteiger charge is -2.28. The monoisotopic (exact) mass is 1040 g/mol. The van der Waals surface area contributed by atoms with Crippen molar-refractivity contribution in [1.29, 1.82) is 0 Å². The molecule has 6 heterocycles. The van der Waals surface area contributed by atoms with Gasteiger partial charge in [0.15, 0.2) is 0 Å². The summed E-state index contributed by atoms with van der Waals surface area (Å²) in [5.41, 5.74) is 13.2. The molecule has 0 radical (unpaired) electrons. The van der Waals surface area contributed by atoms with Crippen LogP contribution >= 0.6 is 0 Å². The van der Waals surface area contributed by atoms with Gasteiger partial charge in [0.1, 0.15) is 11.6 Å². The number of primary amides is 2. The zero-order chi connectivity index (χ0) is 51.5. The lowest BCUT2D eigenvalue weighted by atomic mass is 9.88. The summed E-state index contributed by atoms with van der Waals surface area (Å²) in [6.45, 7) is 3.90. The zero-order valence-electron chi connectivity index (χ0n) is 40.7. The van der Waals surface area contributed by atoms with E-state index in [2.05, 4.69) is 47.4 Å². The third-order valence-electron chi connectivity index (χ3n) is 15.0. The van der Waals surface area contributed by atoms with E-state index in [0.717, 1.165) is 97.6 Å². The first-order chi connectivity index (χ1) is 34.9. The van der Waals surface area contributed by atoms with E-state index in [0.29, 0.717) is 75.1 Å². The molecule has 2 aliphatic carbocycles. The number of nitrogens with one attached hydrogen (secondary N) is 1. The Hall–Kier alpha value is -6.54. The van der Waals surface area contributed by atoms with E-state index in [-0.39, 0.29) is 50.9 Å². The van der Waals surface area contributed by atoms with Crippen LogP contribution in [0.25, 0.3) is 0 Å². The molecule has 0 spiro atoms. The number of piperidine rings is 2.